The van der Waals surface area contributed by atoms with Gasteiger partial charge in [-0.3, -0.25) is 4.79 Å². The van der Waals surface area contributed by atoms with Crippen molar-refractivity contribution in [2.75, 3.05) is 0 Å². The molecule has 1 aromatic heterocycles. The summed E-state index contributed by atoms with van der Waals surface area (Å²) in [5, 5.41) is 3.10. The summed E-state index contributed by atoms with van der Waals surface area (Å²) in [5.74, 6) is 5.23. The fraction of sp³-hybridized carbons (Fsp3) is 0. The Bertz CT molecular complexity index is 499. The van der Waals surface area contributed by atoms with Crippen LogP contribution in [0, 0.1) is 11.8 Å². The highest BCUT2D eigenvalue weighted by Gasteiger charge is 1.98. The van der Waals surface area contributed by atoms with Crippen LogP contribution in [0.25, 0.3) is 10.1 Å². The second-order valence-corrected chi connectivity index (χ2v) is 3.44. The number of hydrogen-bond donors (Lipinski definition) is 0. The van der Waals surface area contributed by atoms with Crippen LogP contribution < -0.4 is 0 Å². The zero-order chi connectivity index (χ0) is 9.10. The van der Waals surface area contributed by atoms with E-state index in [2.05, 4.69) is 11.8 Å². The number of fused-ring (bicyclic) bond motifs is 1. The van der Waals surface area contributed by atoms with Gasteiger partial charge in [-0.05, 0) is 12.0 Å². The van der Waals surface area contributed by atoms with E-state index in [1.54, 1.807) is 11.3 Å². The second kappa shape index (κ2) is 3.42. The van der Waals surface area contributed by atoms with E-state index in [4.69, 9.17) is 0 Å². The van der Waals surface area contributed by atoms with Crippen LogP contribution in [0.1, 0.15) is 5.56 Å². The molecule has 2 heteroatoms. The number of hydrogen-bond acceptors (Lipinski definition) is 2. The minimum absolute atomic E-state index is 0.617. The van der Waals surface area contributed by atoms with Gasteiger partial charge >= 0.3 is 0 Å². The molecule has 0 N–H and O–H groups in total. The molecule has 0 spiro atoms. The fourth-order valence-corrected chi connectivity index (χ4v) is 2.07. The lowest BCUT2D eigenvalue weighted by atomic mass is 10.2. The average Bonchev–Trinajstić information content (AvgIpc) is 2.58. The quantitative estimate of drug-likeness (QED) is 0.456. The van der Waals surface area contributed by atoms with E-state index in [9.17, 15) is 4.79 Å². The van der Waals surface area contributed by atoms with Crippen molar-refractivity contribution in [1.29, 1.82) is 0 Å². The van der Waals surface area contributed by atoms with Crippen LogP contribution in [0.15, 0.2) is 29.6 Å². The molecule has 2 aromatic rings. The lowest BCUT2D eigenvalue weighted by Crippen LogP contribution is -1.69. The van der Waals surface area contributed by atoms with Crippen LogP contribution in [-0.2, 0) is 4.79 Å². The molecule has 0 aliphatic heterocycles. The SMILES string of the molecule is O=CC#Cc1csc2ccccc12. The largest absolute Gasteiger partial charge is 0.289 e. The standard InChI is InChI=1S/C11H6OS/c12-7-3-4-9-8-13-11-6-2-1-5-10(9)11/h1-2,5-8H. The Kier molecular flexibility index (Phi) is 2.11. The predicted molar refractivity (Wildman–Crippen MR) is 54.8 cm³/mol. The summed E-state index contributed by atoms with van der Waals surface area (Å²) in [6.07, 6.45) is 0.617. The van der Waals surface area contributed by atoms with Crippen molar-refractivity contribution in [2.45, 2.75) is 0 Å². The zero-order valence-corrected chi connectivity index (χ0v) is 7.60. The van der Waals surface area contributed by atoms with E-state index in [-0.39, 0.29) is 0 Å². The summed E-state index contributed by atoms with van der Waals surface area (Å²) in [5.41, 5.74) is 0.938. The number of benzene rings is 1. The molecule has 0 bridgehead atoms. The van der Waals surface area contributed by atoms with Gasteiger partial charge in [0.15, 0.2) is 6.29 Å². The predicted octanol–water partition coefficient (Wildman–Crippen LogP) is 2.45. The van der Waals surface area contributed by atoms with Gasteiger partial charge in [0.1, 0.15) is 0 Å². The maximum absolute atomic E-state index is 10.1. The third kappa shape index (κ3) is 1.47. The first-order chi connectivity index (χ1) is 6.42. The zero-order valence-electron chi connectivity index (χ0n) is 6.78. The van der Waals surface area contributed by atoms with Gasteiger partial charge in [0, 0.05) is 21.0 Å². The molecule has 1 nitrogen and oxygen atoms in total. The highest BCUT2D eigenvalue weighted by atomic mass is 32.1. The van der Waals surface area contributed by atoms with Crippen molar-refractivity contribution in [1.82, 2.24) is 0 Å². The van der Waals surface area contributed by atoms with E-state index in [0.717, 1.165) is 10.9 Å². The van der Waals surface area contributed by atoms with E-state index >= 15 is 0 Å². The molecule has 13 heavy (non-hydrogen) atoms. The molecule has 0 fully saturated rings. The third-order valence-corrected chi connectivity index (χ3v) is 2.71. The number of rotatable bonds is 0. The van der Waals surface area contributed by atoms with Crippen LogP contribution in [0.3, 0.4) is 0 Å². The normalized spacial score (nSPS) is 9.23. The molecular weight excluding hydrogens is 180 g/mol. The molecule has 0 saturated heterocycles. The molecule has 0 radical (unpaired) electrons. The molecule has 0 atom stereocenters. The summed E-state index contributed by atoms with van der Waals surface area (Å²) in [4.78, 5) is 10.1. The maximum Gasteiger partial charge on any atom is 0.193 e. The topological polar surface area (TPSA) is 17.1 Å². The fourth-order valence-electron chi connectivity index (χ4n) is 1.18. The highest BCUT2D eigenvalue weighted by Crippen LogP contribution is 2.24. The van der Waals surface area contributed by atoms with Gasteiger partial charge in [0.05, 0.1) is 0 Å². The van der Waals surface area contributed by atoms with Gasteiger partial charge in [-0.1, -0.05) is 24.1 Å². The van der Waals surface area contributed by atoms with Gasteiger partial charge in [0.2, 0.25) is 0 Å². The summed E-state index contributed by atoms with van der Waals surface area (Å²) in [6, 6.07) is 8.03. The smallest absolute Gasteiger partial charge is 0.193 e. The molecular formula is C11H6OS. The van der Waals surface area contributed by atoms with Gasteiger partial charge in [-0.15, -0.1) is 11.3 Å². The molecule has 0 unspecified atom stereocenters. The Balaban J connectivity index is 2.64. The van der Waals surface area contributed by atoms with E-state index in [1.165, 1.54) is 4.70 Å². The molecule has 0 aliphatic carbocycles. The average molecular weight is 186 g/mol. The van der Waals surface area contributed by atoms with Crippen LogP contribution in [0.2, 0.25) is 0 Å². The first-order valence-corrected chi connectivity index (χ1v) is 4.71. The minimum Gasteiger partial charge on any atom is -0.289 e. The summed E-state index contributed by atoms with van der Waals surface area (Å²) < 4.78 is 1.21. The summed E-state index contributed by atoms with van der Waals surface area (Å²) in [7, 11) is 0. The van der Waals surface area contributed by atoms with E-state index < -0.39 is 0 Å². The van der Waals surface area contributed by atoms with Crippen molar-refractivity contribution in [3.05, 3.63) is 35.2 Å². The third-order valence-electron chi connectivity index (χ3n) is 1.75. The molecule has 0 aliphatic rings. The summed E-state index contributed by atoms with van der Waals surface area (Å²) in [6.45, 7) is 0. The Morgan fingerprint density at radius 2 is 2.15 bits per heavy atom. The van der Waals surface area contributed by atoms with Crippen LogP contribution in [0.4, 0.5) is 0 Å². The Morgan fingerprint density at radius 1 is 1.31 bits per heavy atom. The van der Waals surface area contributed by atoms with Crippen molar-refractivity contribution in [3.8, 4) is 11.8 Å². The molecule has 0 saturated carbocycles. The maximum atomic E-state index is 10.1. The van der Waals surface area contributed by atoms with E-state index in [0.29, 0.717) is 6.29 Å². The number of carbonyl (C=O) groups is 1. The first-order valence-electron chi connectivity index (χ1n) is 3.83. The van der Waals surface area contributed by atoms with Crippen molar-refractivity contribution < 1.29 is 4.79 Å². The van der Waals surface area contributed by atoms with Gasteiger partial charge in [-0.25, -0.2) is 0 Å². The number of aldehydes is 1. The first kappa shape index (κ1) is 8.03. The molecule has 62 valence electrons. The molecule has 0 amide bonds. The van der Waals surface area contributed by atoms with Crippen molar-refractivity contribution in [2.24, 2.45) is 0 Å². The highest BCUT2D eigenvalue weighted by molar-refractivity contribution is 7.17. The van der Waals surface area contributed by atoms with Gasteiger partial charge in [0.25, 0.3) is 0 Å². The Morgan fingerprint density at radius 3 is 3.00 bits per heavy atom. The van der Waals surface area contributed by atoms with Gasteiger partial charge in [-0.2, -0.15) is 0 Å². The minimum atomic E-state index is 0.617. The van der Waals surface area contributed by atoms with Gasteiger partial charge < -0.3 is 0 Å². The molecule has 1 aromatic carbocycles. The van der Waals surface area contributed by atoms with Crippen LogP contribution in [0.5, 0.6) is 0 Å². The monoisotopic (exact) mass is 186 g/mol. The van der Waals surface area contributed by atoms with Crippen LogP contribution >= 0.6 is 11.3 Å². The number of carbonyl (C=O) groups excluding carboxylic acids is 1. The van der Waals surface area contributed by atoms with Crippen molar-refractivity contribution in [3.63, 3.8) is 0 Å². The lowest BCUT2D eigenvalue weighted by Gasteiger charge is -1.86. The Labute approximate surface area is 80.0 Å². The van der Waals surface area contributed by atoms with Crippen LogP contribution in [-0.4, -0.2) is 6.29 Å². The Hall–Kier alpha value is -1.59. The lowest BCUT2D eigenvalue weighted by molar-refractivity contribution is -0.103. The van der Waals surface area contributed by atoms with Crippen molar-refractivity contribution >= 4 is 27.7 Å². The van der Waals surface area contributed by atoms with E-state index in [1.807, 2.05) is 29.6 Å². The summed E-state index contributed by atoms with van der Waals surface area (Å²) >= 11 is 1.65. The molecule has 2 rings (SSSR count). The molecule has 1 heterocycles. The number of thiophene rings is 1. The second-order valence-electron chi connectivity index (χ2n) is 2.53.